The van der Waals surface area contributed by atoms with Crippen LogP contribution in [0, 0.1) is 0 Å². The van der Waals surface area contributed by atoms with Crippen molar-refractivity contribution in [2.24, 2.45) is 0 Å². The molecule has 2 aliphatic heterocycles. The van der Waals surface area contributed by atoms with Crippen LogP contribution in [0.4, 0.5) is 23.5 Å². The fraction of sp³-hybridized carbons (Fsp3) is 0.109. The first-order valence-corrected chi connectivity index (χ1v) is 25.8. The summed E-state index contributed by atoms with van der Waals surface area (Å²) >= 11 is 0. The molecule has 0 atom stereocenters. The quantitative estimate of drug-likeness (QED) is 0.0707. The monoisotopic (exact) mass is 1090 g/mol. The summed E-state index contributed by atoms with van der Waals surface area (Å²) < 4.78 is 81.0. The van der Waals surface area contributed by atoms with Gasteiger partial charge in [-0.1, -0.05) is 117 Å². The largest absolute Gasteiger partial charge is 2.00 e. The molecule has 8 bridgehead atoms. The normalized spacial score (nSPS) is 11.2. The van der Waals surface area contributed by atoms with Crippen LogP contribution in [-0.4, -0.2) is 98.2 Å². The number of hydrogen-bond acceptors (Lipinski definition) is 19. The molecule has 0 spiro atoms. The summed E-state index contributed by atoms with van der Waals surface area (Å²) in [6.45, 7) is 4.32. The first kappa shape index (κ1) is 52.6. The Kier molecular flexibility index (Phi) is 16.2. The molecule has 9 aromatic rings. The fourth-order valence-corrected chi connectivity index (χ4v) is 8.26. The molecule has 73 heavy (non-hydrogen) atoms. The summed E-state index contributed by atoms with van der Waals surface area (Å²) in [5, 5.41) is 9.09. The molecule has 2 aliphatic rings. The van der Waals surface area contributed by atoms with Crippen LogP contribution in [0.2, 0.25) is 0 Å². The van der Waals surface area contributed by atoms with E-state index in [2.05, 4.69) is 30.3 Å². The number of hydrogen-bond donors (Lipinski definition) is 5. The van der Waals surface area contributed by atoms with Crippen LogP contribution in [0.25, 0.3) is 89.7 Å². The maximum Gasteiger partial charge on any atom is 2.00 e. The number of nitrogens with one attached hydrogen (secondary N) is 3. The third-order valence-electron chi connectivity index (χ3n) is 10.1. The van der Waals surface area contributed by atoms with E-state index in [0.29, 0.717) is 51.6 Å². The number of sulfonamides is 1. The van der Waals surface area contributed by atoms with Gasteiger partial charge in [-0.2, -0.15) is 23.4 Å². The molecule has 1 radical (unpaired) electrons. The zero-order chi connectivity index (χ0) is 51.2. The second-order valence-corrected chi connectivity index (χ2v) is 18.6. The summed E-state index contributed by atoms with van der Waals surface area (Å²) in [4.78, 5) is 50.7. The average molecular weight is 1090 g/mol. The van der Waals surface area contributed by atoms with Crippen molar-refractivity contribution in [3.8, 4) is 45.6 Å². The zero-order valence-electron chi connectivity index (χ0n) is 38.3. The van der Waals surface area contributed by atoms with E-state index in [0.717, 1.165) is 50.1 Å². The number of aromatic nitrogens is 11. The second-order valence-electron chi connectivity index (χ2n) is 14.9. The first-order valence-electron chi connectivity index (χ1n) is 21.5. The van der Waals surface area contributed by atoms with Crippen LogP contribution in [-0.2, 0) is 47.8 Å². The molecule has 0 aliphatic carbocycles. The van der Waals surface area contributed by atoms with Crippen molar-refractivity contribution >= 4 is 98.4 Å². The summed E-state index contributed by atoms with van der Waals surface area (Å²) in [5.41, 5.74) is 11.7. The smallest absolute Gasteiger partial charge is 0.368 e. The molecule has 6 heterocycles. The Labute approximate surface area is 428 Å². The van der Waals surface area contributed by atoms with Gasteiger partial charge in [0, 0.05) is 63.6 Å². The Morgan fingerprint density at radius 3 is 1.30 bits per heavy atom. The molecular formula is C46H39CuN15O8S3. The number of anilines is 4. The van der Waals surface area contributed by atoms with Crippen LogP contribution in [0.5, 0.6) is 0 Å². The molecule has 4 aromatic heterocycles. The average Bonchev–Trinajstić information content (AvgIpc) is 4.09. The summed E-state index contributed by atoms with van der Waals surface area (Å²) in [6, 6.07) is 37.2. The van der Waals surface area contributed by atoms with Crippen LogP contribution in [0.3, 0.4) is 0 Å². The second kappa shape index (κ2) is 22.5. The van der Waals surface area contributed by atoms with E-state index in [1.807, 2.05) is 111 Å². The van der Waals surface area contributed by atoms with Gasteiger partial charge >= 0.3 is 27.7 Å². The van der Waals surface area contributed by atoms with E-state index in [1.54, 1.807) is 0 Å². The Morgan fingerprint density at radius 1 is 0.534 bits per heavy atom. The van der Waals surface area contributed by atoms with Crippen molar-refractivity contribution in [2.45, 2.75) is 18.7 Å². The van der Waals surface area contributed by atoms with Crippen LogP contribution in [0.15, 0.2) is 126 Å². The Balaban J connectivity index is 0.000000206. The van der Waals surface area contributed by atoms with Crippen molar-refractivity contribution < 1.29 is 51.1 Å². The SMILES string of the molecule is CC.CS(=O)(=O)NCCNc1nc(N)nc(Nc2cccc(S(=O)(=O)O)c2)n1.O=S(=O)=O.[Cu+2].c1ccc2c(c1)-c1nc-2nc2[n-]c(nc3nc(nc4[n-]c(n1)c1ccccc41)-c1ccccc1-3)c1ccccc21. The van der Waals surface area contributed by atoms with E-state index < -0.39 is 30.8 Å². The summed E-state index contributed by atoms with van der Waals surface area (Å²) in [7, 11) is -10.8. The zero-order valence-corrected chi connectivity index (χ0v) is 41.7. The third kappa shape index (κ3) is 12.5. The number of benzene rings is 5. The number of fused-ring (bicyclic) bond motifs is 20. The van der Waals surface area contributed by atoms with Gasteiger partial charge in [-0.05, 0) is 39.7 Å². The molecule has 375 valence electrons. The predicted molar refractivity (Wildman–Crippen MR) is 270 cm³/mol. The predicted octanol–water partition coefficient (Wildman–Crippen LogP) is 5.55. The van der Waals surface area contributed by atoms with Crippen molar-refractivity contribution in [3.63, 3.8) is 0 Å². The Bertz CT molecular complexity index is 3750. The molecule has 5 aromatic carbocycles. The van der Waals surface area contributed by atoms with Crippen LogP contribution >= 0.6 is 0 Å². The number of nitrogen functional groups attached to an aromatic ring is 1. The van der Waals surface area contributed by atoms with E-state index >= 15 is 0 Å². The van der Waals surface area contributed by atoms with Gasteiger partial charge in [-0.3, -0.25) is 4.55 Å². The van der Waals surface area contributed by atoms with Gasteiger partial charge in [0.15, 0.2) is 0 Å². The van der Waals surface area contributed by atoms with Gasteiger partial charge in [0.25, 0.3) is 10.1 Å². The van der Waals surface area contributed by atoms with Crippen molar-refractivity contribution in [1.82, 2.24) is 59.5 Å². The fourth-order valence-electron chi connectivity index (χ4n) is 7.26. The molecule has 6 N–H and O–H groups in total. The van der Waals surface area contributed by atoms with E-state index in [4.69, 9.17) is 62.8 Å². The molecule has 11 rings (SSSR count). The van der Waals surface area contributed by atoms with E-state index in [9.17, 15) is 16.8 Å². The molecular weight excluding hydrogens is 1050 g/mol. The van der Waals surface area contributed by atoms with Gasteiger partial charge in [0.05, 0.1) is 34.4 Å². The molecule has 0 saturated heterocycles. The van der Waals surface area contributed by atoms with Crippen LogP contribution < -0.4 is 31.1 Å². The topological polar surface area (TPSA) is 346 Å². The molecule has 0 unspecified atom stereocenters. The number of nitrogens with two attached hydrogens (primary N) is 1. The minimum absolute atomic E-state index is 0. The standard InChI is InChI=1S/C32H16N8.C12H17N7O5S2.C2H6.Cu.O3S/c1-2-10-18-17(9-1)25-33-26(18)38-28-21-13-5-6-14-22(21)30(35-28)40-32-24-16-8-7-15-23(24)31(36-32)39-29-20-12-4-3-11-19(20)27(34-29)37-25;1-25(20,21)15-6-5-14-11-17-10(13)18-12(19-11)16-8-3-2-4-9(7-8)26(22,23)24;1-2;;1-4(2)3/h1-16H;2-4,7,15H,5-6H2,1H3,(H,22,23,24)(H4,13,14,16,17,18,19);1-2H3;;/q-2;;;+2;. The van der Waals surface area contributed by atoms with E-state index in [1.165, 1.54) is 24.3 Å². The van der Waals surface area contributed by atoms with Gasteiger partial charge in [-0.15, -0.1) is 12.6 Å². The van der Waals surface area contributed by atoms with E-state index in [-0.39, 0.29) is 52.9 Å². The molecule has 0 fully saturated rings. The van der Waals surface area contributed by atoms with Gasteiger partial charge in [-0.25, -0.2) is 23.1 Å². The summed E-state index contributed by atoms with van der Waals surface area (Å²) in [5.74, 6) is 2.23. The maximum atomic E-state index is 11.2. The van der Waals surface area contributed by atoms with Crippen molar-refractivity contribution in [1.29, 1.82) is 0 Å². The van der Waals surface area contributed by atoms with Crippen molar-refractivity contribution in [3.05, 3.63) is 121 Å². The van der Waals surface area contributed by atoms with Crippen molar-refractivity contribution in [2.75, 3.05) is 35.7 Å². The third-order valence-corrected chi connectivity index (χ3v) is 11.7. The van der Waals surface area contributed by atoms with Gasteiger partial charge in [0.1, 0.15) is 0 Å². The minimum Gasteiger partial charge on any atom is -0.368 e. The first-order chi connectivity index (χ1) is 34.6. The molecule has 27 heteroatoms. The molecule has 23 nitrogen and oxygen atoms in total. The maximum absolute atomic E-state index is 11.2. The van der Waals surface area contributed by atoms with Gasteiger partial charge < -0.3 is 46.3 Å². The van der Waals surface area contributed by atoms with Crippen LogP contribution in [0.1, 0.15) is 13.8 Å². The minimum atomic E-state index is -4.35. The number of rotatable bonds is 8. The summed E-state index contributed by atoms with van der Waals surface area (Å²) in [6.07, 6.45) is 1.04. The number of nitrogens with zero attached hydrogens (tertiary/aromatic N) is 11. The Morgan fingerprint density at radius 2 is 0.918 bits per heavy atom. The Hall–Kier alpha value is -8.17. The molecule has 0 amide bonds. The van der Waals surface area contributed by atoms with Gasteiger partial charge in [0.2, 0.25) is 27.9 Å². The molecule has 0 saturated carbocycles.